The molecule has 0 spiro atoms. The second kappa shape index (κ2) is 5.79. The zero-order chi connectivity index (χ0) is 13.8. The summed E-state index contributed by atoms with van der Waals surface area (Å²) in [4.78, 5) is 24.0. The standard InChI is InChI=1S/C11H17N5O3/c12-10(17)8-2-1-3-15(6-8)4-5-16-7-9(11(18)19)13-14-16/h7-8H,1-6H2,(H2,12,17)(H,18,19). The SMILES string of the molecule is NC(=O)C1CCCN(CCn2cc(C(=O)O)nn2)C1. The molecule has 0 bridgehead atoms. The highest BCUT2D eigenvalue weighted by molar-refractivity contribution is 5.84. The van der Waals surface area contributed by atoms with Crippen LogP contribution in [0.1, 0.15) is 23.3 Å². The molecule has 0 aromatic carbocycles. The van der Waals surface area contributed by atoms with Crippen LogP contribution in [0.2, 0.25) is 0 Å². The average molecular weight is 267 g/mol. The van der Waals surface area contributed by atoms with Crippen LogP contribution < -0.4 is 5.73 Å². The summed E-state index contributed by atoms with van der Waals surface area (Å²) in [7, 11) is 0. The highest BCUT2D eigenvalue weighted by Gasteiger charge is 2.23. The van der Waals surface area contributed by atoms with E-state index in [1.807, 2.05) is 0 Å². The van der Waals surface area contributed by atoms with Crippen molar-refractivity contribution in [2.45, 2.75) is 19.4 Å². The van der Waals surface area contributed by atoms with Gasteiger partial charge in [0, 0.05) is 13.1 Å². The van der Waals surface area contributed by atoms with Crippen LogP contribution in [0, 0.1) is 5.92 Å². The molecule has 2 rings (SSSR count). The molecule has 19 heavy (non-hydrogen) atoms. The van der Waals surface area contributed by atoms with E-state index in [0.29, 0.717) is 19.6 Å². The summed E-state index contributed by atoms with van der Waals surface area (Å²) in [5.74, 6) is -1.42. The van der Waals surface area contributed by atoms with Gasteiger partial charge in [-0.05, 0) is 19.4 Å². The van der Waals surface area contributed by atoms with Crippen molar-refractivity contribution >= 4 is 11.9 Å². The molecule has 1 atom stereocenters. The molecular weight excluding hydrogens is 250 g/mol. The summed E-state index contributed by atoms with van der Waals surface area (Å²) < 4.78 is 1.50. The van der Waals surface area contributed by atoms with E-state index in [1.165, 1.54) is 10.9 Å². The van der Waals surface area contributed by atoms with E-state index in [9.17, 15) is 9.59 Å². The van der Waals surface area contributed by atoms with Crippen LogP contribution in [0.4, 0.5) is 0 Å². The van der Waals surface area contributed by atoms with Crippen molar-refractivity contribution in [3.8, 4) is 0 Å². The first-order chi connectivity index (χ1) is 9.06. The Bertz CT molecular complexity index is 473. The molecule has 1 aliphatic rings. The van der Waals surface area contributed by atoms with Crippen molar-refractivity contribution in [2.75, 3.05) is 19.6 Å². The Kier molecular flexibility index (Phi) is 4.10. The number of nitrogens with two attached hydrogens (primary N) is 1. The Hall–Kier alpha value is -1.96. The summed E-state index contributed by atoms with van der Waals surface area (Å²) in [6.45, 7) is 2.83. The first-order valence-corrected chi connectivity index (χ1v) is 6.21. The molecule has 2 heterocycles. The molecule has 1 aromatic heterocycles. The van der Waals surface area contributed by atoms with Gasteiger partial charge in [-0.25, -0.2) is 4.79 Å². The maximum atomic E-state index is 11.2. The third-order valence-corrected chi connectivity index (χ3v) is 3.31. The number of aromatic nitrogens is 3. The quantitative estimate of drug-likeness (QED) is 0.720. The Labute approximate surface area is 110 Å². The lowest BCUT2D eigenvalue weighted by Crippen LogP contribution is -2.42. The van der Waals surface area contributed by atoms with Gasteiger partial charge in [-0.15, -0.1) is 5.10 Å². The summed E-state index contributed by atoms with van der Waals surface area (Å²) in [6, 6.07) is 0. The molecule has 1 saturated heterocycles. The number of rotatable bonds is 5. The molecule has 104 valence electrons. The lowest BCUT2D eigenvalue weighted by molar-refractivity contribution is -0.123. The van der Waals surface area contributed by atoms with Gasteiger partial charge in [0.25, 0.3) is 0 Å². The normalized spacial score (nSPS) is 20.3. The number of primary amides is 1. The third kappa shape index (κ3) is 3.50. The molecule has 1 fully saturated rings. The maximum Gasteiger partial charge on any atom is 0.358 e. The van der Waals surface area contributed by atoms with Crippen LogP contribution in [0.15, 0.2) is 6.20 Å². The number of nitrogens with zero attached hydrogens (tertiary/aromatic N) is 4. The van der Waals surface area contributed by atoms with Gasteiger partial charge in [0.15, 0.2) is 5.69 Å². The van der Waals surface area contributed by atoms with Crippen molar-refractivity contribution in [3.05, 3.63) is 11.9 Å². The molecule has 3 N–H and O–H groups in total. The fourth-order valence-corrected chi connectivity index (χ4v) is 2.24. The summed E-state index contributed by atoms with van der Waals surface area (Å²) >= 11 is 0. The number of amides is 1. The smallest absolute Gasteiger partial charge is 0.358 e. The number of hydrogen-bond acceptors (Lipinski definition) is 5. The minimum atomic E-state index is -1.09. The molecule has 1 aromatic rings. The van der Waals surface area contributed by atoms with E-state index < -0.39 is 5.97 Å². The number of hydrogen-bond donors (Lipinski definition) is 2. The molecule has 1 unspecified atom stereocenters. The average Bonchev–Trinajstić information content (AvgIpc) is 2.85. The van der Waals surface area contributed by atoms with Crippen LogP contribution in [-0.4, -0.2) is 56.5 Å². The van der Waals surface area contributed by atoms with E-state index in [4.69, 9.17) is 10.8 Å². The van der Waals surface area contributed by atoms with Crippen LogP contribution in [-0.2, 0) is 11.3 Å². The Morgan fingerprint density at radius 1 is 1.47 bits per heavy atom. The van der Waals surface area contributed by atoms with Gasteiger partial charge in [0.05, 0.1) is 18.7 Å². The van der Waals surface area contributed by atoms with Crippen molar-refractivity contribution in [2.24, 2.45) is 11.7 Å². The van der Waals surface area contributed by atoms with Gasteiger partial charge < -0.3 is 15.7 Å². The molecule has 1 aliphatic heterocycles. The fraction of sp³-hybridized carbons (Fsp3) is 0.636. The Balaban J connectivity index is 1.84. The van der Waals surface area contributed by atoms with Crippen LogP contribution in [0.3, 0.4) is 0 Å². The van der Waals surface area contributed by atoms with E-state index in [0.717, 1.165) is 19.4 Å². The lowest BCUT2D eigenvalue weighted by Gasteiger charge is -2.30. The molecule has 0 radical (unpaired) electrons. The van der Waals surface area contributed by atoms with Crippen molar-refractivity contribution < 1.29 is 14.7 Å². The monoisotopic (exact) mass is 267 g/mol. The minimum absolute atomic E-state index is 0.0614. The van der Waals surface area contributed by atoms with Crippen LogP contribution in [0.5, 0.6) is 0 Å². The largest absolute Gasteiger partial charge is 0.476 e. The number of carboxylic acid groups (broad SMARTS) is 1. The third-order valence-electron chi connectivity index (χ3n) is 3.31. The van der Waals surface area contributed by atoms with Crippen molar-refractivity contribution in [3.63, 3.8) is 0 Å². The fourth-order valence-electron chi connectivity index (χ4n) is 2.24. The zero-order valence-electron chi connectivity index (χ0n) is 10.5. The molecule has 8 nitrogen and oxygen atoms in total. The second-order valence-corrected chi connectivity index (χ2v) is 4.71. The summed E-state index contributed by atoms with van der Waals surface area (Å²) in [6.07, 6.45) is 3.20. The lowest BCUT2D eigenvalue weighted by atomic mass is 9.97. The summed E-state index contributed by atoms with van der Waals surface area (Å²) in [5, 5.41) is 16.0. The predicted molar refractivity (Wildman–Crippen MR) is 65.3 cm³/mol. The topological polar surface area (TPSA) is 114 Å². The number of carbonyl (C=O) groups excluding carboxylic acids is 1. The number of aromatic carboxylic acids is 1. The van der Waals surface area contributed by atoms with Gasteiger partial charge >= 0.3 is 5.97 Å². The molecule has 8 heteroatoms. The first kappa shape index (κ1) is 13.5. The molecular formula is C11H17N5O3. The number of carboxylic acids is 1. The number of carbonyl (C=O) groups is 2. The molecule has 0 aliphatic carbocycles. The minimum Gasteiger partial charge on any atom is -0.476 e. The van der Waals surface area contributed by atoms with Gasteiger partial charge in [0.1, 0.15) is 0 Å². The van der Waals surface area contributed by atoms with Gasteiger partial charge in [-0.2, -0.15) is 0 Å². The predicted octanol–water partition coefficient (Wildman–Crippen LogP) is -0.826. The van der Waals surface area contributed by atoms with Crippen molar-refractivity contribution in [1.29, 1.82) is 0 Å². The first-order valence-electron chi connectivity index (χ1n) is 6.21. The van der Waals surface area contributed by atoms with Crippen LogP contribution >= 0.6 is 0 Å². The highest BCUT2D eigenvalue weighted by atomic mass is 16.4. The number of likely N-dealkylation sites (tertiary alicyclic amines) is 1. The zero-order valence-corrected chi connectivity index (χ0v) is 10.5. The maximum absolute atomic E-state index is 11.2. The Morgan fingerprint density at radius 3 is 2.89 bits per heavy atom. The Morgan fingerprint density at radius 2 is 2.26 bits per heavy atom. The van der Waals surface area contributed by atoms with Crippen LogP contribution in [0.25, 0.3) is 0 Å². The molecule has 0 saturated carbocycles. The molecule has 1 amide bonds. The van der Waals surface area contributed by atoms with Gasteiger partial charge in [0.2, 0.25) is 5.91 Å². The van der Waals surface area contributed by atoms with E-state index >= 15 is 0 Å². The van der Waals surface area contributed by atoms with Crippen molar-refractivity contribution in [1.82, 2.24) is 19.9 Å². The van der Waals surface area contributed by atoms with E-state index in [-0.39, 0.29) is 17.5 Å². The number of piperidine rings is 1. The highest BCUT2D eigenvalue weighted by Crippen LogP contribution is 2.15. The second-order valence-electron chi connectivity index (χ2n) is 4.71. The summed E-state index contributed by atoms with van der Waals surface area (Å²) in [5.41, 5.74) is 5.25. The van der Waals surface area contributed by atoms with Gasteiger partial charge in [-0.3, -0.25) is 9.48 Å². The van der Waals surface area contributed by atoms with Gasteiger partial charge in [-0.1, -0.05) is 5.21 Å². The van der Waals surface area contributed by atoms with E-state index in [2.05, 4.69) is 15.2 Å². The van der Waals surface area contributed by atoms with E-state index in [1.54, 1.807) is 0 Å².